The number of carbonyl (C=O) groups is 1. The van der Waals surface area contributed by atoms with Crippen LogP contribution in [0.4, 0.5) is 5.69 Å². The van der Waals surface area contributed by atoms with Crippen LogP contribution in [0.3, 0.4) is 0 Å². The van der Waals surface area contributed by atoms with Gasteiger partial charge < -0.3 is 14.9 Å². The summed E-state index contributed by atoms with van der Waals surface area (Å²) in [7, 11) is 0. The number of aromatic nitrogens is 4. The first-order valence-corrected chi connectivity index (χ1v) is 9.60. The number of anilines is 1. The van der Waals surface area contributed by atoms with Gasteiger partial charge in [-0.05, 0) is 38.0 Å². The highest BCUT2D eigenvalue weighted by Crippen LogP contribution is 2.33. The predicted octanol–water partition coefficient (Wildman–Crippen LogP) is 2.41. The maximum absolute atomic E-state index is 12.3. The number of fused-ring (bicyclic) bond motifs is 1. The highest BCUT2D eigenvalue weighted by molar-refractivity contribution is 5.94. The second-order valence-electron chi connectivity index (χ2n) is 7.35. The number of rotatable bonds is 4. The molecule has 8 nitrogen and oxygen atoms in total. The SMILES string of the molecule is Cc1nc2cc(NC(=O)Cc3c[nH]c(=O)[nH]c3=O)ccc2n1C1CCCCC1. The fraction of sp³-hybridized carbons (Fsp3) is 0.400. The molecule has 1 saturated carbocycles. The zero-order valence-electron chi connectivity index (χ0n) is 15.7. The van der Waals surface area contributed by atoms with Crippen LogP contribution in [0, 0.1) is 6.92 Å². The van der Waals surface area contributed by atoms with Crippen molar-refractivity contribution in [3.8, 4) is 0 Å². The maximum Gasteiger partial charge on any atom is 0.325 e. The summed E-state index contributed by atoms with van der Waals surface area (Å²) >= 11 is 0. The number of hydrogen-bond donors (Lipinski definition) is 3. The first-order valence-electron chi connectivity index (χ1n) is 9.60. The van der Waals surface area contributed by atoms with E-state index in [4.69, 9.17) is 0 Å². The zero-order valence-corrected chi connectivity index (χ0v) is 15.7. The first-order chi connectivity index (χ1) is 13.5. The summed E-state index contributed by atoms with van der Waals surface area (Å²) in [6.07, 6.45) is 7.30. The molecule has 1 aliphatic carbocycles. The molecule has 146 valence electrons. The second-order valence-corrected chi connectivity index (χ2v) is 7.35. The third kappa shape index (κ3) is 3.62. The van der Waals surface area contributed by atoms with E-state index in [1.165, 1.54) is 38.3 Å². The number of hydrogen-bond acceptors (Lipinski definition) is 4. The van der Waals surface area contributed by atoms with Crippen LogP contribution in [0.15, 0.2) is 34.0 Å². The van der Waals surface area contributed by atoms with Crippen molar-refractivity contribution in [2.45, 2.75) is 51.5 Å². The molecule has 0 unspecified atom stereocenters. The Morgan fingerprint density at radius 1 is 1.25 bits per heavy atom. The Kier molecular flexibility index (Phi) is 4.85. The lowest BCUT2D eigenvalue weighted by molar-refractivity contribution is -0.115. The van der Waals surface area contributed by atoms with Gasteiger partial charge in [0.1, 0.15) is 5.82 Å². The van der Waals surface area contributed by atoms with Gasteiger partial charge in [-0.1, -0.05) is 19.3 Å². The molecule has 1 aliphatic rings. The number of benzene rings is 1. The van der Waals surface area contributed by atoms with Crippen LogP contribution < -0.4 is 16.6 Å². The molecule has 1 fully saturated rings. The van der Waals surface area contributed by atoms with E-state index < -0.39 is 11.2 Å². The Balaban J connectivity index is 1.54. The summed E-state index contributed by atoms with van der Waals surface area (Å²) in [4.78, 5) is 44.2. The summed E-state index contributed by atoms with van der Waals surface area (Å²) in [6, 6.07) is 6.20. The number of aryl methyl sites for hydroxylation is 1. The Hall–Kier alpha value is -3.16. The van der Waals surface area contributed by atoms with Gasteiger partial charge in [-0.2, -0.15) is 0 Å². The lowest BCUT2D eigenvalue weighted by Gasteiger charge is -2.25. The summed E-state index contributed by atoms with van der Waals surface area (Å²) in [6.45, 7) is 2.02. The number of imidazole rings is 1. The van der Waals surface area contributed by atoms with E-state index in [9.17, 15) is 14.4 Å². The highest BCUT2D eigenvalue weighted by Gasteiger charge is 2.20. The fourth-order valence-corrected chi connectivity index (χ4v) is 4.04. The molecule has 0 spiro atoms. The number of nitrogens with zero attached hydrogens (tertiary/aromatic N) is 2. The minimum absolute atomic E-state index is 0.125. The molecule has 0 atom stereocenters. The molecule has 0 radical (unpaired) electrons. The van der Waals surface area contributed by atoms with Crippen molar-refractivity contribution in [1.82, 2.24) is 19.5 Å². The molecule has 0 bridgehead atoms. The fourth-order valence-electron chi connectivity index (χ4n) is 4.04. The molecular weight excluding hydrogens is 358 g/mol. The van der Waals surface area contributed by atoms with E-state index in [0.717, 1.165) is 16.9 Å². The Labute approximate surface area is 161 Å². The molecule has 8 heteroatoms. The van der Waals surface area contributed by atoms with E-state index in [0.29, 0.717) is 11.7 Å². The molecular formula is C20H23N5O3. The van der Waals surface area contributed by atoms with E-state index in [1.807, 2.05) is 25.1 Å². The smallest absolute Gasteiger partial charge is 0.325 e. The minimum Gasteiger partial charge on any atom is -0.326 e. The summed E-state index contributed by atoms with van der Waals surface area (Å²) in [5.74, 6) is 0.658. The van der Waals surface area contributed by atoms with Crippen LogP contribution in [0.25, 0.3) is 11.0 Å². The lowest BCUT2D eigenvalue weighted by Crippen LogP contribution is -2.27. The molecule has 0 saturated heterocycles. The average Bonchev–Trinajstić information content (AvgIpc) is 2.99. The Morgan fingerprint density at radius 3 is 2.79 bits per heavy atom. The largest absolute Gasteiger partial charge is 0.326 e. The molecule has 0 aliphatic heterocycles. The van der Waals surface area contributed by atoms with Crippen LogP contribution >= 0.6 is 0 Å². The molecule has 1 amide bonds. The minimum atomic E-state index is -0.594. The van der Waals surface area contributed by atoms with Gasteiger partial charge in [0.15, 0.2) is 0 Å². The quantitative estimate of drug-likeness (QED) is 0.644. The monoisotopic (exact) mass is 381 g/mol. The lowest BCUT2D eigenvalue weighted by atomic mass is 9.95. The van der Waals surface area contributed by atoms with E-state index in [-0.39, 0.29) is 17.9 Å². The van der Waals surface area contributed by atoms with Crippen LogP contribution in [0.1, 0.15) is 49.5 Å². The average molecular weight is 381 g/mol. The van der Waals surface area contributed by atoms with Crippen LogP contribution in [-0.2, 0) is 11.2 Å². The van der Waals surface area contributed by atoms with Gasteiger partial charge in [-0.25, -0.2) is 9.78 Å². The third-order valence-corrected chi connectivity index (χ3v) is 5.34. The van der Waals surface area contributed by atoms with Crippen LogP contribution in [-0.4, -0.2) is 25.4 Å². The van der Waals surface area contributed by atoms with Gasteiger partial charge in [0, 0.05) is 23.5 Å². The van der Waals surface area contributed by atoms with Crippen molar-refractivity contribution in [2.75, 3.05) is 5.32 Å². The van der Waals surface area contributed by atoms with Crippen molar-refractivity contribution < 1.29 is 4.79 Å². The summed E-state index contributed by atoms with van der Waals surface area (Å²) in [5, 5.41) is 2.80. The van der Waals surface area contributed by atoms with Crippen molar-refractivity contribution in [3.63, 3.8) is 0 Å². The van der Waals surface area contributed by atoms with Gasteiger partial charge in [-0.3, -0.25) is 14.6 Å². The van der Waals surface area contributed by atoms with Crippen LogP contribution in [0.2, 0.25) is 0 Å². The number of nitrogens with one attached hydrogen (secondary N) is 3. The molecule has 2 heterocycles. The van der Waals surface area contributed by atoms with E-state index >= 15 is 0 Å². The van der Waals surface area contributed by atoms with E-state index in [1.54, 1.807) is 0 Å². The van der Waals surface area contributed by atoms with Gasteiger partial charge >= 0.3 is 5.69 Å². The molecule has 2 aromatic heterocycles. The van der Waals surface area contributed by atoms with Crippen molar-refractivity contribution in [3.05, 3.63) is 56.6 Å². The van der Waals surface area contributed by atoms with E-state index in [2.05, 4.69) is 24.8 Å². The molecule has 3 aromatic rings. The molecule has 3 N–H and O–H groups in total. The topological polar surface area (TPSA) is 113 Å². The van der Waals surface area contributed by atoms with Crippen molar-refractivity contribution in [2.24, 2.45) is 0 Å². The predicted molar refractivity (Wildman–Crippen MR) is 107 cm³/mol. The third-order valence-electron chi connectivity index (χ3n) is 5.34. The second kappa shape index (κ2) is 7.46. The van der Waals surface area contributed by atoms with Gasteiger partial charge in [0.05, 0.1) is 17.5 Å². The van der Waals surface area contributed by atoms with Gasteiger partial charge in [0.2, 0.25) is 5.91 Å². The molecule has 1 aromatic carbocycles. The molecule has 28 heavy (non-hydrogen) atoms. The van der Waals surface area contributed by atoms with Crippen molar-refractivity contribution in [1.29, 1.82) is 0 Å². The Bertz CT molecular complexity index is 1130. The number of H-pyrrole nitrogens is 2. The summed E-state index contributed by atoms with van der Waals surface area (Å²) in [5.41, 5.74) is 1.62. The first kappa shape index (κ1) is 18.2. The number of carbonyl (C=O) groups excluding carboxylic acids is 1. The summed E-state index contributed by atoms with van der Waals surface area (Å²) < 4.78 is 2.32. The van der Waals surface area contributed by atoms with Crippen LogP contribution in [0.5, 0.6) is 0 Å². The number of aromatic amines is 2. The van der Waals surface area contributed by atoms with Crippen molar-refractivity contribution >= 4 is 22.6 Å². The number of amides is 1. The highest BCUT2D eigenvalue weighted by atomic mass is 16.2. The van der Waals surface area contributed by atoms with Gasteiger partial charge in [-0.15, -0.1) is 0 Å². The zero-order chi connectivity index (χ0) is 19.7. The Morgan fingerprint density at radius 2 is 2.04 bits per heavy atom. The standard InChI is InChI=1S/C20H23N5O3/c1-12-22-16-10-14(7-8-17(16)25(12)15-5-3-2-4-6-15)23-18(26)9-13-11-21-20(28)24-19(13)27/h7-8,10-11,15H,2-6,9H2,1H3,(H,23,26)(H2,21,24,27,28). The van der Waals surface area contributed by atoms with Gasteiger partial charge in [0.25, 0.3) is 5.56 Å². The normalized spacial score (nSPS) is 15.0. The molecule has 4 rings (SSSR count). The maximum atomic E-state index is 12.3.